The summed E-state index contributed by atoms with van der Waals surface area (Å²) in [6.45, 7) is 9.76. The maximum absolute atomic E-state index is 10.4. The van der Waals surface area contributed by atoms with Crippen LogP contribution in [0.25, 0.3) is 16.7 Å². The highest BCUT2D eigenvalue weighted by Gasteiger charge is 2.19. The van der Waals surface area contributed by atoms with E-state index in [0.29, 0.717) is 23.2 Å². The van der Waals surface area contributed by atoms with Crippen molar-refractivity contribution in [2.75, 3.05) is 63.0 Å². The van der Waals surface area contributed by atoms with Gasteiger partial charge in [0.05, 0.1) is 42.5 Å². The van der Waals surface area contributed by atoms with Crippen LogP contribution in [0.4, 0.5) is 23.0 Å². The fourth-order valence-electron chi connectivity index (χ4n) is 5.10. The monoisotopic (exact) mass is 558 g/mol. The lowest BCUT2D eigenvalue weighted by molar-refractivity contribution is 0.253. The summed E-state index contributed by atoms with van der Waals surface area (Å²) in [5.41, 5.74) is 4.04. The summed E-state index contributed by atoms with van der Waals surface area (Å²) in [7, 11) is 5.31. The van der Waals surface area contributed by atoms with Crippen LogP contribution < -0.4 is 25.0 Å². The molecule has 41 heavy (non-hydrogen) atoms. The van der Waals surface area contributed by atoms with Crippen molar-refractivity contribution in [1.82, 2.24) is 24.6 Å². The molecule has 1 fully saturated rings. The van der Waals surface area contributed by atoms with E-state index in [0.717, 1.165) is 59.9 Å². The molecule has 0 bridgehead atoms. The number of aryl methyl sites for hydroxylation is 1. The van der Waals surface area contributed by atoms with Crippen LogP contribution in [0.2, 0.25) is 0 Å². The number of nitrogens with one attached hydrogen (secondary N) is 2. The molecule has 1 aliphatic heterocycles. The van der Waals surface area contributed by atoms with Gasteiger partial charge < -0.3 is 35.0 Å². The van der Waals surface area contributed by atoms with Crippen molar-refractivity contribution in [2.24, 2.45) is 0 Å². The van der Waals surface area contributed by atoms with E-state index in [1.54, 1.807) is 31.2 Å². The number of likely N-dealkylation sites (tertiary alicyclic amines) is 1. The van der Waals surface area contributed by atoms with Crippen LogP contribution in [-0.2, 0) is 0 Å². The van der Waals surface area contributed by atoms with Gasteiger partial charge >= 0.3 is 0 Å². The predicted molar refractivity (Wildman–Crippen MR) is 163 cm³/mol. The normalized spacial score (nSPS) is 14.2. The number of aliphatic hydroxyl groups excluding tert-OH is 1. The van der Waals surface area contributed by atoms with E-state index in [9.17, 15) is 5.11 Å². The van der Waals surface area contributed by atoms with E-state index in [4.69, 9.17) is 19.6 Å². The van der Waals surface area contributed by atoms with E-state index < -0.39 is 6.23 Å². The van der Waals surface area contributed by atoms with Gasteiger partial charge in [-0.25, -0.2) is 9.67 Å². The summed E-state index contributed by atoms with van der Waals surface area (Å²) in [5, 5.41) is 22.5. The minimum Gasteiger partial charge on any atom is -0.497 e. The van der Waals surface area contributed by atoms with Gasteiger partial charge in [0.2, 0.25) is 5.95 Å². The molecule has 0 aliphatic carbocycles. The van der Waals surface area contributed by atoms with Crippen LogP contribution in [0.1, 0.15) is 18.5 Å². The first kappa shape index (κ1) is 28.2. The number of ether oxygens (including phenoxy) is 2. The van der Waals surface area contributed by atoms with Crippen LogP contribution in [0.5, 0.6) is 11.5 Å². The van der Waals surface area contributed by atoms with Crippen molar-refractivity contribution < 1.29 is 14.6 Å². The lowest BCUT2D eigenvalue weighted by Gasteiger charge is -2.27. The highest BCUT2D eigenvalue weighted by molar-refractivity contribution is 5.85. The summed E-state index contributed by atoms with van der Waals surface area (Å²) >= 11 is 0. The number of rotatable bonds is 12. The van der Waals surface area contributed by atoms with Gasteiger partial charge in [0.25, 0.3) is 0 Å². The van der Waals surface area contributed by atoms with Crippen molar-refractivity contribution in [2.45, 2.75) is 26.0 Å². The molecule has 11 heteroatoms. The van der Waals surface area contributed by atoms with Crippen molar-refractivity contribution in [3.8, 4) is 17.3 Å². The van der Waals surface area contributed by atoms with Gasteiger partial charge in [-0.2, -0.15) is 10.1 Å². The zero-order valence-electron chi connectivity index (χ0n) is 24.1. The Morgan fingerprint density at radius 3 is 2.66 bits per heavy atom. The lowest BCUT2D eigenvalue weighted by Crippen LogP contribution is -2.32. The Labute approximate surface area is 240 Å². The second-order valence-electron chi connectivity index (χ2n) is 10.1. The lowest BCUT2D eigenvalue weighted by atomic mass is 10.2. The number of methoxy groups -OCH3 is 2. The smallest absolute Gasteiger partial charge is 0.229 e. The van der Waals surface area contributed by atoms with Gasteiger partial charge in [-0.1, -0.05) is 6.58 Å². The van der Waals surface area contributed by atoms with Crippen LogP contribution in [0.15, 0.2) is 55.3 Å². The van der Waals surface area contributed by atoms with Gasteiger partial charge in [0.1, 0.15) is 17.7 Å². The minimum absolute atomic E-state index is 0.371. The maximum Gasteiger partial charge on any atom is 0.229 e. The van der Waals surface area contributed by atoms with Gasteiger partial charge in [0, 0.05) is 49.9 Å². The second kappa shape index (κ2) is 12.4. The molecule has 216 valence electrons. The quantitative estimate of drug-likeness (QED) is 0.172. The van der Waals surface area contributed by atoms with Crippen molar-refractivity contribution in [3.63, 3.8) is 0 Å². The fourth-order valence-corrected chi connectivity index (χ4v) is 5.10. The molecule has 1 saturated heterocycles. The third-order valence-corrected chi connectivity index (χ3v) is 7.38. The molecule has 0 amide bonds. The van der Waals surface area contributed by atoms with Crippen LogP contribution in [-0.4, -0.2) is 83.4 Å². The Morgan fingerprint density at radius 1 is 1.12 bits per heavy atom. The summed E-state index contributed by atoms with van der Waals surface area (Å²) in [5.74, 6) is 2.33. The number of hydrogen-bond acceptors (Lipinski definition) is 10. The molecule has 4 aromatic rings. The van der Waals surface area contributed by atoms with Crippen LogP contribution in [0, 0.1) is 6.92 Å². The Hall–Kier alpha value is -4.35. The van der Waals surface area contributed by atoms with E-state index in [-0.39, 0.29) is 0 Å². The molecule has 0 saturated carbocycles. The van der Waals surface area contributed by atoms with E-state index in [1.807, 2.05) is 44.3 Å². The second-order valence-corrected chi connectivity index (χ2v) is 10.1. The topological polar surface area (TPSA) is 113 Å². The molecule has 3 heterocycles. The first-order valence-corrected chi connectivity index (χ1v) is 13.8. The highest BCUT2D eigenvalue weighted by atomic mass is 16.5. The molecule has 2 aromatic heterocycles. The SMILES string of the molecule is C=CC(O)Nc1cc(Nc2nccc(-n3nc(C)c4ccc(OC)cc43)n2)c(OC)cc1N(C)CCN1CCCC1. The molecule has 1 atom stereocenters. The summed E-state index contributed by atoms with van der Waals surface area (Å²) < 4.78 is 13.0. The molecule has 1 aliphatic rings. The average molecular weight is 559 g/mol. The largest absolute Gasteiger partial charge is 0.497 e. The molecule has 5 rings (SSSR count). The molecule has 0 spiro atoms. The van der Waals surface area contributed by atoms with Crippen molar-refractivity contribution >= 4 is 33.9 Å². The number of anilines is 4. The Morgan fingerprint density at radius 2 is 1.93 bits per heavy atom. The third kappa shape index (κ3) is 6.21. The first-order chi connectivity index (χ1) is 19.9. The molecule has 11 nitrogen and oxygen atoms in total. The molecule has 0 radical (unpaired) electrons. The number of aliphatic hydroxyl groups is 1. The Balaban J connectivity index is 1.46. The van der Waals surface area contributed by atoms with Gasteiger partial charge in [0.15, 0.2) is 5.82 Å². The number of fused-ring (bicyclic) bond motifs is 1. The Bertz CT molecular complexity index is 1520. The summed E-state index contributed by atoms with van der Waals surface area (Å²) in [4.78, 5) is 13.8. The Kier molecular flexibility index (Phi) is 8.55. The molecular formula is C30H38N8O3. The van der Waals surface area contributed by atoms with Crippen LogP contribution >= 0.6 is 0 Å². The van der Waals surface area contributed by atoms with Crippen LogP contribution in [0.3, 0.4) is 0 Å². The summed E-state index contributed by atoms with van der Waals surface area (Å²) in [6.07, 6.45) is 4.72. The number of hydrogen-bond donors (Lipinski definition) is 3. The van der Waals surface area contributed by atoms with E-state index >= 15 is 0 Å². The zero-order chi connectivity index (χ0) is 28.9. The van der Waals surface area contributed by atoms with E-state index in [2.05, 4.69) is 32.0 Å². The van der Waals surface area contributed by atoms with Gasteiger partial charge in [-0.3, -0.25) is 0 Å². The average Bonchev–Trinajstić information content (AvgIpc) is 3.63. The van der Waals surface area contributed by atoms with E-state index in [1.165, 1.54) is 18.9 Å². The maximum atomic E-state index is 10.4. The first-order valence-electron chi connectivity index (χ1n) is 13.8. The number of likely N-dealkylation sites (N-methyl/N-ethyl adjacent to an activating group) is 1. The number of aromatic nitrogens is 4. The standard InChI is InChI=1S/C30H38N8O3/c1-6-29(39)32-23-18-24(27(41-5)19-26(23)36(3)15-16-37-13-7-8-14-37)33-30-31-12-11-28(34-30)38-25-17-21(40-4)9-10-22(25)20(2)35-38/h6,9-12,17-19,29,32,39H,1,7-8,13-16H2,2-5H3,(H,31,33,34). The third-order valence-electron chi connectivity index (χ3n) is 7.38. The fraction of sp³-hybridized carbons (Fsp3) is 0.367. The number of nitrogens with zero attached hydrogens (tertiary/aromatic N) is 6. The summed E-state index contributed by atoms with van der Waals surface area (Å²) in [6, 6.07) is 11.5. The molecule has 2 aromatic carbocycles. The van der Waals surface area contributed by atoms with Gasteiger partial charge in [-0.15, -0.1) is 0 Å². The zero-order valence-corrected chi connectivity index (χ0v) is 24.1. The minimum atomic E-state index is -0.921. The molecular weight excluding hydrogens is 520 g/mol. The molecule has 1 unspecified atom stereocenters. The van der Waals surface area contributed by atoms with Crippen molar-refractivity contribution in [3.05, 3.63) is 60.9 Å². The van der Waals surface area contributed by atoms with Crippen molar-refractivity contribution in [1.29, 1.82) is 0 Å². The highest BCUT2D eigenvalue weighted by Crippen LogP contribution is 2.38. The van der Waals surface area contributed by atoms with Gasteiger partial charge in [-0.05, 0) is 57.1 Å². The number of benzene rings is 2. The predicted octanol–water partition coefficient (Wildman–Crippen LogP) is 4.33. The molecule has 3 N–H and O–H groups in total.